The fraction of sp³-hybridized carbons (Fsp3) is 0.148. The number of pyridine rings is 2. The van der Waals surface area contributed by atoms with Crippen molar-refractivity contribution < 1.29 is 19.1 Å². The van der Waals surface area contributed by atoms with E-state index in [1.165, 1.54) is 6.20 Å². The molecular weight excluding hydrogens is 551 g/mol. The van der Waals surface area contributed by atoms with E-state index in [9.17, 15) is 14.4 Å². The summed E-state index contributed by atoms with van der Waals surface area (Å²) < 4.78 is 5.23. The second-order valence-corrected chi connectivity index (χ2v) is 8.85. The van der Waals surface area contributed by atoms with Crippen molar-refractivity contribution in [2.75, 3.05) is 11.9 Å². The molecule has 2 aromatic heterocycles. The summed E-state index contributed by atoms with van der Waals surface area (Å²) in [5.74, 6) is -2.76. The number of fused-ring (bicyclic) bond motifs is 1. The van der Waals surface area contributed by atoms with Gasteiger partial charge in [0.25, 0.3) is 5.91 Å². The Labute approximate surface area is 234 Å². The molecule has 4 aromatic rings. The van der Waals surface area contributed by atoms with Crippen molar-refractivity contribution in [2.45, 2.75) is 19.3 Å². The van der Waals surface area contributed by atoms with Crippen LogP contribution in [0.4, 0.5) is 5.69 Å². The number of halogens is 3. The van der Waals surface area contributed by atoms with Gasteiger partial charge in [-0.25, -0.2) is 4.79 Å². The van der Waals surface area contributed by atoms with E-state index in [4.69, 9.17) is 33.7 Å². The van der Waals surface area contributed by atoms with Gasteiger partial charge in [0.05, 0.1) is 44.9 Å². The van der Waals surface area contributed by atoms with Crippen molar-refractivity contribution in [3.8, 4) is 0 Å². The molecule has 4 rings (SSSR count). The number of amides is 2. The molecule has 2 aromatic carbocycles. The number of ether oxygens (including phenoxy) is 1. The van der Waals surface area contributed by atoms with Crippen molar-refractivity contribution in [1.82, 2.24) is 9.97 Å². The van der Waals surface area contributed by atoms with Gasteiger partial charge in [-0.1, -0.05) is 47.5 Å². The smallest absolute Gasteiger partial charge is 0.340 e. The van der Waals surface area contributed by atoms with E-state index in [0.717, 1.165) is 0 Å². The first-order chi connectivity index (χ1) is 17.8. The van der Waals surface area contributed by atoms with Gasteiger partial charge in [-0.05, 0) is 42.8 Å². The topological polar surface area (TPSA) is 124 Å². The minimum atomic E-state index is -0.927. The van der Waals surface area contributed by atoms with Crippen molar-refractivity contribution in [3.63, 3.8) is 0 Å². The van der Waals surface area contributed by atoms with E-state index >= 15 is 0 Å². The average molecular weight is 574 g/mol. The summed E-state index contributed by atoms with van der Waals surface area (Å²) in [7, 11) is 0. The molecule has 3 N–H and O–H groups in total. The Morgan fingerprint density at radius 2 is 1.71 bits per heavy atom. The van der Waals surface area contributed by atoms with Gasteiger partial charge in [-0.2, -0.15) is 0 Å². The Balaban J connectivity index is 0.00000400. The van der Waals surface area contributed by atoms with E-state index in [1.807, 2.05) is 0 Å². The summed E-state index contributed by atoms with van der Waals surface area (Å²) >= 11 is 12.4. The molecule has 8 nitrogen and oxygen atoms in total. The molecule has 1 atom stereocenters. The molecule has 0 radical (unpaired) electrons. The summed E-state index contributed by atoms with van der Waals surface area (Å²) in [6.07, 6.45) is 3.08. The maximum absolute atomic E-state index is 13.1. The SMILES string of the molecule is CCOC(=O)c1cnc2c(NC(=O)c3c(Cl)cccc3Cl)cccc2c1C(Cc1ccccn1)C(N)=O.Cl. The number of nitrogens with zero attached hydrogens (tertiary/aromatic N) is 2. The third-order valence-electron chi connectivity index (χ3n) is 5.70. The first kappa shape index (κ1) is 28.8. The highest BCUT2D eigenvalue weighted by molar-refractivity contribution is 6.40. The van der Waals surface area contributed by atoms with E-state index in [2.05, 4.69) is 15.3 Å². The van der Waals surface area contributed by atoms with E-state index in [0.29, 0.717) is 27.8 Å². The van der Waals surface area contributed by atoms with Gasteiger partial charge in [-0.15, -0.1) is 12.4 Å². The number of rotatable bonds is 8. The lowest BCUT2D eigenvalue weighted by Crippen LogP contribution is -2.26. The van der Waals surface area contributed by atoms with Crippen LogP contribution in [0.5, 0.6) is 0 Å². The second kappa shape index (κ2) is 12.7. The third-order valence-corrected chi connectivity index (χ3v) is 6.33. The summed E-state index contributed by atoms with van der Waals surface area (Å²) in [5.41, 5.74) is 7.68. The number of nitrogens with one attached hydrogen (secondary N) is 1. The maximum atomic E-state index is 13.1. The van der Waals surface area contributed by atoms with Gasteiger partial charge in [0.2, 0.25) is 5.91 Å². The number of benzene rings is 2. The van der Waals surface area contributed by atoms with Crippen LogP contribution in [0, 0.1) is 0 Å². The number of carbonyl (C=O) groups is 3. The van der Waals surface area contributed by atoms with Crippen LogP contribution in [0.25, 0.3) is 10.9 Å². The van der Waals surface area contributed by atoms with Crippen LogP contribution in [-0.2, 0) is 16.0 Å². The van der Waals surface area contributed by atoms with Gasteiger partial charge >= 0.3 is 5.97 Å². The Morgan fingerprint density at radius 1 is 1.00 bits per heavy atom. The van der Waals surface area contributed by atoms with Crippen LogP contribution in [-0.4, -0.2) is 34.4 Å². The number of aromatic nitrogens is 2. The Bertz CT molecular complexity index is 1480. The predicted molar refractivity (Wildman–Crippen MR) is 149 cm³/mol. The zero-order chi connectivity index (χ0) is 26.5. The Kier molecular flexibility index (Phi) is 9.63. The van der Waals surface area contributed by atoms with Crippen molar-refractivity contribution >= 4 is 70.0 Å². The lowest BCUT2D eigenvalue weighted by Gasteiger charge is -2.20. The van der Waals surface area contributed by atoms with Gasteiger partial charge in [-0.3, -0.25) is 19.6 Å². The number of para-hydroxylation sites is 1. The molecule has 0 aliphatic heterocycles. The van der Waals surface area contributed by atoms with E-state index in [1.54, 1.807) is 67.7 Å². The largest absolute Gasteiger partial charge is 0.462 e. The van der Waals surface area contributed by atoms with E-state index in [-0.39, 0.29) is 46.6 Å². The standard InChI is InChI=1S/C27H22Cl2N4O4.ClH/c1-2-37-27(36)18-14-32-24-16(22(18)17(25(30)34)13-15-7-3-4-12-31-15)8-5-11-21(24)33-26(35)23-19(28)9-6-10-20(23)29;/h3-12,14,17H,2,13H2,1H3,(H2,30,34)(H,33,35);1H. The molecule has 0 saturated heterocycles. The number of hydrogen-bond acceptors (Lipinski definition) is 6. The van der Waals surface area contributed by atoms with Crippen LogP contribution >= 0.6 is 35.6 Å². The molecule has 0 aliphatic rings. The Hall–Kier alpha value is -3.72. The van der Waals surface area contributed by atoms with Crippen LogP contribution in [0.1, 0.15) is 44.8 Å². The number of anilines is 1. The van der Waals surface area contributed by atoms with Crippen molar-refractivity contribution in [1.29, 1.82) is 0 Å². The molecule has 2 amide bonds. The highest BCUT2D eigenvalue weighted by atomic mass is 35.5. The van der Waals surface area contributed by atoms with Gasteiger partial charge in [0, 0.05) is 29.9 Å². The molecule has 0 spiro atoms. The summed E-state index contributed by atoms with van der Waals surface area (Å²) in [4.78, 5) is 47.4. The average Bonchev–Trinajstić information content (AvgIpc) is 2.87. The minimum Gasteiger partial charge on any atom is -0.462 e. The molecular formula is C27H23Cl3N4O4. The number of hydrogen-bond donors (Lipinski definition) is 2. The van der Waals surface area contributed by atoms with Crippen LogP contribution in [0.15, 0.2) is 67.0 Å². The molecule has 0 aliphatic carbocycles. The second-order valence-electron chi connectivity index (χ2n) is 8.04. The number of nitrogens with two attached hydrogens (primary N) is 1. The molecule has 2 heterocycles. The fourth-order valence-electron chi connectivity index (χ4n) is 4.06. The lowest BCUT2D eigenvalue weighted by atomic mass is 9.87. The number of carbonyl (C=O) groups excluding carboxylic acids is 3. The molecule has 38 heavy (non-hydrogen) atoms. The summed E-state index contributed by atoms with van der Waals surface area (Å²) in [6, 6.07) is 15.1. The first-order valence-corrected chi connectivity index (χ1v) is 12.1. The zero-order valence-corrected chi connectivity index (χ0v) is 22.4. The zero-order valence-electron chi connectivity index (χ0n) is 20.1. The number of primary amides is 1. The summed E-state index contributed by atoms with van der Waals surface area (Å²) in [5, 5.41) is 3.61. The van der Waals surface area contributed by atoms with Crippen molar-refractivity contribution in [2.24, 2.45) is 5.73 Å². The molecule has 0 bridgehead atoms. The summed E-state index contributed by atoms with van der Waals surface area (Å²) in [6.45, 7) is 1.81. The predicted octanol–water partition coefficient (Wildman–Crippen LogP) is 5.60. The molecule has 0 saturated carbocycles. The monoisotopic (exact) mass is 572 g/mol. The highest BCUT2D eigenvalue weighted by Crippen LogP contribution is 2.34. The number of esters is 1. The van der Waals surface area contributed by atoms with Gasteiger partial charge in [0.1, 0.15) is 0 Å². The van der Waals surface area contributed by atoms with Crippen LogP contribution in [0.3, 0.4) is 0 Å². The maximum Gasteiger partial charge on any atom is 0.340 e. The first-order valence-electron chi connectivity index (χ1n) is 11.3. The molecule has 11 heteroatoms. The van der Waals surface area contributed by atoms with Crippen LogP contribution < -0.4 is 11.1 Å². The Morgan fingerprint density at radius 3 is 2.34 bits per heavy atom. The third kappa shape index (κ3) is 6.05. The van der Waals surface area contributed by atoms with Crippen molar-refractivity contribution in [3.05, 3.63) is 99.4 Å². The molecule has 196 valence electrons. The van der Waals surface area contributed by atoms with Crippen LogP contribution in [0.2, 0.25) is 10.0 Å². The van der Waals surface area contributed by atoms with E-state index < -0.39 is 23.7 Å². The fourth-order valence-corrected chi connectivity index (χ4v) is 4.63. The minimum absolute atomic E-state index is 0. The van der Waals surface area contributed by atoms with Gasteiger partial charge < -0.3 is 15.8 Å². The molecule has 1 unspecified atom stereocenters. The van der Waals surface area contributed by atoms with Gasteiger partial charge in [0.15, 0.2) is 0 Å². The lowest BCUT2D eigenvalue weighted by molar-refractivity contribution is -0.119. The quantitative estimate of drug-likeness (QED) is 0.265. The highest BCUT2D eigenvalue weighted by Gasteiger charge is 2.29. The molecule has 0 fully saturated rings. The normalized spacial score (nSPS) is 11.3.